The van der Waals surface area contributed by atoms with E-state index in [9.17, 15) is 0 Å². The molecule has 3 heteroatoms. The lowest BCUT2D eigenvalue weighted by Crippen LogP contribution is -1.95. The Kier molecular flexibility index (Phi) is 5.38. The van der Waals surface area contributed by atoms with E-state index in [0.29, 0.717) is 0 Å². The average Bonchev–Trinajstić information content (AvgIpc) is 3.83. The van der Waals surface area contributed by atoms with Crippen LogP contribution in [0.25, 0.3) is 98.8 Å². The molecule has 0 unspecified atom stereocenters. The molecule has 0 spiro atoms. The van der Waals surface area contributed by atoms with Crippen molar-refractivity contribution < 1.29 is 4.42 Å². The highest BCUT2D eigenvalue weighted by Gasteiger charge is 2.22. The predicted octanol–water partition coefficient (Wildman–Crippen LogP) is 12.6. The van der Waals surface area contributed by atoms with Crippen LogP contribution in [0.15, 0.2) is 174 Å². The quantitative estimate of drug-likeness (QED) is 0.192. The van der Waals surface area contributed by atoms with Crippen LogP contribution in [-0.2, 0) is 0 Å². The fraction of sp³-hybridized carbons (Fsp3) is 0. The second-order valence-corrected chi connectivity index (χ2v) is 12.9. The molecule has 0 aliphatic rings. The lowest BCUT2D eigenvalue weighted by Gasteiger charge is -2.11. The molecule has 0 aliphatic heterocycles. The Morgan fingerprint density at radius 2 is 0.959 bits per heavy atom. The van der Waals surface area contributed by atoms with Crippen LogP contribution in [0.4, 0.5) is 0 Å². The summed E-state index contributed by atoms with van der Waals surface area (Å²) in [5, 5.41) is 9.91. The second kappa shape index (κ2) is 9.96. The number of para-hydroxylation sites is 3. The highest BCUT2D eigenvalue weighted by Crippen LogP contribution is 2.45. The highest BCUT2D eigenvalue weighted by molar-refractivity contribution is 6.33. The zero-order valence-electron chi connectivity index (χ0n) is 26.5. The van der Waals surface area contributed by atoms with E-state index in [1.54, 1.807) is 0 Å². The smallest absolute Gasteiger partial charge is 0.136 e. The summed E-state index contributed by atoms with van der Waals surface area (Å²) in [5.41, 5.74) is 11.2. The zero-order chi connectivity index (χ0) is 32.1. The van der Waals surface area contributed by atoms with Crippen molar-refractivity contribution in [2.45, 2.75) is 0 Å². The Labute approximate surface area is 281 Å². The SMILES string of the molecule is c1ccc(-n2c3ccc4ccccc4c3c3c4c5ccccc5n(-c5cccc(-c6cccc7oc8ccccc8c67)c5)c4ccc32)cc1. The van der Waals surface area contributed by atoms with Gasteiger partial charge in [0, 0.05) is 43.7 Å². The number of fused-ring (bicyclic) bond motifs is 12. The first-order chi connectivity index (χ1) is 24.3. The van der Waals surface area contributed by atoms with Gasteiger partial charge in [-0.15, -0.1) is 0 Å². The van der Waals surface area contributed by atoms with Gasteiger partial charge in [0.25, 0.3) is 0 Å². The molecule has 0 atom stereocenters. The summed E-state index contributed by atoms with van der Waals surface area (Å²) in [6, 6.07) is 61.2. The van der Waals surface area contributed by atoms with Gasteiger partial charge in [-0.05, 0) is 82.6 Å². The molecule has 0 fully saturated rings. The van der Waals surface area contributed by atoms with Gasteiger partial charge in [0.15, 0.2) is 0 Å². The number of hydrogen-bond donors (Lipinski definition) is 0. The number of aromatic nitrogens is 2. The number of furan rings is 1. The number of benzene rings is 8. The third-order valence-electron chi connectivity index (χ3n) is 10.3. The molecule has 11 aromatic rings. The number of hydrogen-bond acceptors (Lipinski definition) is 1. The minimum absolute atomic E-state index is 0.908. The van der Waals surface area contributed by atoms with Crippen molar-refractivity contribution >= 4 is 76.3 Å². The maximum absolute atomic E-state index is 6.27. The summed E-state index contributed by atoms with van der Waals surface area (Å²) in [4.78, 5) is 0. The minimum Gasteiger partial charge on any atom is -0.456 e. The summed E-state index contributed by atoms with van der Waals surface area (Å²) in [6.45, 7) is 0. The molecule has 0 bridgehead atoms. The van der Waals surface area contributed by atoms with Gasteiger partial charge in [0.1, 0.15) is 11.2 Å². The van der Waals surface area contributed by atoms with Crippen molar-refractivity contribution in [2.75, 3.05) is 0 Å². The molecular formula is C46H28N2O. The first-order valence-electron chi connectivity index (χ1n) is 16.8. The molecule has 3 aromatic heterocycles. The van der Waals surface area contributed by atoms with E-state index >= 15 is 0 Å². The van der Waals surface area contributed by atoms with Gasteiger partial charge in [0.2, 0.25) is 0 Å². The van der Waals surface area contributed by atoms with Crippen molar-refractivity contribution in [2.24, 2.45) is 0 Å². The molecule has 3 nitrogen and oxygen atoms in total. The van der Waals surface area contributed by atoms with Crippen LogP contribution >= 0.6 is 0 Å². The first kappa shape index (κ1) is 26.5. The zero-order valence-corrected chi connectivity index (χ0v) is 26.5. The average molecular weight is 625 g/mol. The Balaban J connectivity index is 1.25. The predicted molar refractivity (Wildman–Crippen MR) is 205 cm³/mol. The monoisotopic (exact) mass is 624 g/mol. The van der Waals surface area contributed by atoms with Crippen molar-refractivity contribution in [3.05, 3.63) is 170 Å². The van der Waals surface area contributed by atoms with E-state index in [1.807, 2.05) is 12.1 Å². The molecular weight excluding hydrogens is 597 g/mol. The Hall–Kier alpha value is -6.58. The molecule has 0 radical (unpaired) electrons. The van der Waals surface area contributed by atoms with Gasteiger partial charge in [-0.2, -0.15) is 0 Å². The summed E-state index contributed by atoms with van der Waals surface area (Å²) < 4.78 is 11.1. The summed E-state index contributed by atoms with van der Waals surface area (Å²) >= 11 is 0. The maximum Gasteiger partial charge on any atom is 0.136 e. The van der Waals surface area contributed by atoms with Gasteiger partial charge < -0.3 is 13.6 Å². The molecule has 0 amide bonds. The van der Waals surface area contributed by atoms with E-state index in [0.717, 1.165) is 38.9 Å². The van der Waals surface area contributed by atoms with Gasteiger partial charge in [-0.25, -0.2) is 0 Å². The lowest BCUT2D eigenvalue weighted by molar-refractivity contribution is 0.669. The topological polar surface area (TPSA) is 23.0 Å². The van der Waals surface area contributed by atoms with Crippen LogP contribution < -0.4 is 0 Å². The van der Waals surface area contributed by atoms with Crippen molar-refractivity contribution in [3.63, 3.8) is 0 Å². The van der Waals surface area contributed by atoms with Gasteiger partial charge >= 0.3 is 0 Å². The van der Waals surface area contributed by atoms with Crippen LogP contribution in [-0.4, -0.2) is 9.13 Å². The lowest BCUT2D eigenvalue weighted by atomic mass is 9.99. The maximum atomic E-state index is 6.27. The number of rotatable bonds is 3. The number of nitrogens with zero attached hydrogens (tertiary/aromatic N) is 2. The second-order valence-electron chi connectivity index (χ2n) is 12.9. The molecule has 11 rings (SSSR count). The summed E-state index contributed by atoms with van der Waals surface area (Å²) in [6.07, 6.45) is 0. The fourth-order valence-electron chi connectivity index (χ4n) is 8.29. The molecule has 49 heavy (non-hydrogen) atoms. The van der Waals surface area contributed by atoms with Crippen molar-refractivity contribution in [1.82, 2.24) is 9.13 Å². The minimum atomic E-state index is 0.908. The Morgan fingerprint density at radius 3 is 1.84 bits per heavy atom. The summed E-state index contributed by atoms with van der Waals surface area (Å²) in [7, 11) is 0. The van der Waals surface area contributed by atoms with E-state index in [1.165, 1.54) is 59.9 Å². The van der Waals surface area contributed by atoms with Crippen molar-refractivity contribution in [3.8, 4) is 22.5 Å². The van der Waals surface area contributed by atoms with Gasteiger partial charge in [-0.1, -0.05) is 109 Å². The molecule has 3 heterocycles. The summed E-state index contributed by atoms with van der Waals surface area (Å²) in [5.74, 6) is 0. The first-order valence-corrected chi connectivity index (χ1v) is 16.8. The van der Waals surface area contributed by atoms with E-state index in [-0.39, 0.29) is 0 Å². The molecule has 8 aromatic carbocycles. The Bertz CT molecular complexity index is 3100. The van der Waals surface area contributed by atoms with E-state index < -0.39 is 0 Å². The van der Waals surface area contributed by atoms with Crippen LogP contribution in [0, 0.1) is 0 Å². The largest absolute Gasteiger partial charge is 0.456 e. The van der Waals surface area contributed by atoms with E-state index in [4.69, 9.17) is 4.42 Å². The normalized spacial score (nSPS) is 12.1. The fourth-order valence-corrected chi connectivity index (χ4v) is 8.29. The molecule has 0 saturated carbocycles. The molecule has 0 aliphatic carbocycles. The van der Waals surface area contributed by atoms with Crippen LogP contribution in [0.2, 0.25) is 0 Å². The Morgan fingerprint density at radius 1 is 0.347 bits per heavy atom. The van der Waals surface area contributed by atoms with Crippen LogP contribution in [0.5, 0.6) is 0 Å². The molecule has 228 valence electrons. The standard InChI is InChI=1S/C46H28N2O/c1-2-14-31(15-3-1)47-38-25-24-29-12-4-5-17-33(29)44(38)46-40(47)27-26-39-45(46)35-18-6-8-21-37(35)48(39)32-16-10-13-30(28-32)34-20-11-23-42-43(34)36-19-7-9-22-41(36)49-42/h1-28H. The van der Waals surface area contributed by atoms with Gasteiger partial charge in [0.05, 0.1) is 22.1 Å². The van der Waals surface area contributed by atoms with Gasteiger partial charge in [-0.3, -0.25) is 0 Å². The van der Waals surface area contributed by atoms with Crippen LogP contribution in [0.3, 0.4) is 0 Å². The van der Waals surface area contributed by atoms with Crippen LogP contribution in [0.1, 0.15) is 0 Å². The molecule has 0 saturated heterocycles. The third kappa shape index (κ3) is 3.67. The van der Waals surface area contributed by atoms with Crippen molar-refractivity contribution in [1.29, 1.82) is 0 Å². The third-order valence-corrected chi connectivity index (χ3v) is 10.3. The molecule has 0 N–H and O–H groups in total. The highest BCUT2D eigenvalue weighted by atomic mass is 16.3. The van der Waals surface area contributed by atoms with E-state index in [2.05, 4.69) is 167 Å².